The van der Waals surface area contributed by atoms with E-state index in [2.05, 4.69) is 37.1 Å². The van der Waals surface area contributed by atoms with Crippen molar-refractivity contribution < 1.29 is 10.2 Å². The van der Waals surface area contributed by atoms with Crippen LogP contribution in [0.1, 0.15) is 40.2 Å². The minimum absolute atomic E-state index is 0.00849. The highest BCUT2D eigenvalue weighted by Crippen LogP contribution is 2.46. The second kappa shape index (κ2) is 4.75. The number of nitrogens with zero attached hydrogens (tertiary/aromatic N) is 1. The molecule has 2 atom stereocenters. The molecule has 4 rings (SSSR count). The van der Waals surface area contributed by atoms with Crippen molar-refractivity contribution in [1.29, 1.82) is 0 Å². The Morgan fingerprint density at radius 1 is 1.00 bits per heavy atom. The molecule has 0 bridgehead atoms. The Bertz CT molecular complexity index is 753. The van der Waals surface area contributed by atoms with Crippen molar-refractivity contribution in [1.82, 2.24) is 4.90 Å². The van der Waals surface area contributed by atoms with Gasteiger partial charge in [0.15, 0.2) is 11.5 Å². The molecule has 1 aliphatic heterocycles. The van der Waals surface area contributed by atoms with Crippen LogP contribution in [-0.4, -0.2) is 28.2 Å². The molecule has 2 aromatic rings. The Labute approximate surface area is 130 Å². The topological polar surface area (TPSA) is 43.7 Å². The van der Waals surface area contributed by atoms with Gasteiger partial charge in [-0.2, -0.15) is 0 Å². The van der Waals surface area contributed by atoms with E-state index in [9.17, 15) is 10.2 Å². The van der Waals surface area contributed by atoms with E-state index in [0.717, 1.165) is 19.4 Å². The summed E-state index contributed by atoms with van der Waals surface area (Å²) in [5.41, 5.74) is 6.37. The average Bonchev–Trinajstić information content (AvgIpc) is 2.49. The van der Waals surface area contributed by atoms with E-state index < -0.39 is 0 Å². The number of benzene rings is 2. The molecule has 0 unspecified atom stereocenters. The van der Waals surface area contributed by atoms with Crippen molar-refractivity contribution >= 4 is 0 Å². The number of hydrogen-bond donors (Lipinski definition) is 2. The smallest absolute Gasteiger partial charge is 0.157 e. The standard InChI is InChI=1S/C19H21NO2/c1-11-3-4-13-10-20(2)16-6-5-12-8-17(21)18(22)9-15(12)19(16)14(13)7-11/h3-4,7-9,16,19,21-22H,5-6,10H2,1-2H3/t16-,19-/m1/s1. The van der Waals surface area contributed by atoms with Gasteiger partial charge in [0.1, 0.15) is 0 Å². The number of hydrogen-bond acceptors (Lipinski definition) is 3. The molecule has 0 saturated heterocycles. The van der Waals surface area contributed by atoms with Crippen LogP contribution in [0.5, 0.6) is 11.5 Å². The molecule has 114 valence electrons. The second-order valence-corrected chi connectivity index (χ2v) is 6.74. The van der Waals surface area contributed by atoms with Crippen LogP contribution < -0.4 is 0 Å². The van der Waals surface area contributed by atoms with Crippen molar-refractivity contribution in [3.05, 3.63) is 58.1 Å². The zero-order valence-corrected chi connectivity index (χ0v) is 13.0. The largest absolute Gasteiger partial charge is 0.504 e. The fourth-order valence-electron chi connectivity index (χ4n) is 4.20. The van der Waals surface area contributed by atoms with Crippen molar-refractivity contribution in [2.24, 2.45) is 0 Å². The maximum absolute atomic E-state index is 9.97. The van der Waals surface area contributed by atoms with Gasteiger partial charge in [-0.3, -0.25) is 4.90 Å². The minimum atomic E-state index is -0.0122. The Morgan fingerprint density at radius 3 is 2.55 bits per heavy atom. The zero-order chi connectivity index (χ0) is 15.4. The summed E-state index contributed by atoms with van der Waals surface area (Å²) in [4.78, 5) is 2.43. The molecule has 0 radical (unpaired) electrons. The van der Waals surface area contributed by atoms with Gasteiger partial charge in [0.05, 0.1) is 0 Å². The third-order valence-corrected chi connectivity index (χ3v) is 5.29. The number of aromatic hydroxyl groups is 2. The van der Waals surface area contributed by atoms with Gasteiger partial charge in [-0.15, -0.1) is 0 Å². The summed E-state index contributed by atoms with van der Waals surface area (Å²) in [6, 6.07) is 10.7. The molecule has 3 heteroatoms. The highest BCUT2D eigenvalue weighted by Gasteiger charge is 2.38. The van der Waals surface area contributed by atoms with E-state index in [1.54, 1.807) is 12.1 Å². The van der Waals surface area contributed by atoms with E-state index in [-0.39, 0.29) is 17.4 Å². The lowest BCUT2D eigenvalue weighted by Crippen LogP contribution is -2.43. The number of phenols is 2. The summed E-state index contributed by atoms with van der Waals surface area (Å²) in [5.74, 6) is 0.261. The molecule has 3 nitrogen and oxygen atoms in total. The van der Waals surface area contributed by atoms with Gasteiger partial charge in [0.2, 0.25) is 0 Å². The summed E-state index contributed by atoms with van der Waals surface area (Å²) >= 11 is 0. The van der Waals surface area contributed by atoms with E-state index in [1.165, 1.54) is 27.8 Å². The SMILES string of the molecule is Cc1ccc2c(c1)[C@@H]1c3cc(O)c(O)cc3CC[C@H]1N(C)C2. The van der Waals surface area contributed by atoms with Crippen molar-refractivity contribution in [2.45, 2.75) is 38.3 Å². The lowest BCUT2D eigenvalue weighted by atomic mass is 9.71. The van der Waals surface area contributed by atoms with Crippen LogP contribution in [0.25, 0.3) is 0 Å². The fraction of sp³-hybridized carbons (Fsp3) is 0.368. The van der Waals surface area contributed by atoms with Crippen LogP contribution in [0, 0.1) is 6.92 Å². The molecule has 22 heavy (non-hydrogen) atoms. The average molecular weight is 295 g/mol. The lowest BCUT2D eigenvalue weighted by Gasteiger charge is -2.44. The molecule has 1 heterocycles. The Kier molecular flexibility index (Phi) is 2.95. The number of rotatable bonds is 0. The molecule has 0 saturated carbocycles. The molecule has 2 aliphatic rings. The summed E-state index contributed by atoms with van der Waals surface area (Å²) < 4.78 is 0. The van der Waals surface area contributed by atoms with Crippen molar-refractivity contribution in [3.63, 3.8) is 0 Å². The maximum atomic E-state index is 9.97. The van der Waals surface area contributed by atoms with Gasteiger partial charge in [0, 0.05) is 18.5 Å². The van der Waals surface area contributed by atoms with Crippen LogP contribution in [-0.2, 0) is 13.0 Å². The Balaban J connectivity index is 1.94. The van der Waals surface area contributed by atoms with Crippen LogP contribution in [0.3, 0.4) is 0 Å². The Morgan fingerprint density at radius 2 is 1.73 bits per heavy atom. The van der Waals surface area contributed by atoms with Crippen LogP contribution in [0.15, 0.2) is 30.3 Å². The summed E-state index contributed by atoms with van der Waals surface area (Å²) in [5, 5.41) is 19.8. The first kappa shape index (κ1) is 13.6. The molecule has 0 spiro atoms. The molecule has 2 aromatic carbocycles. The predicted octanol–water partition coefficient (Wildman–Crippen LogP) is 3.30. The van der Waals surface area contributed by atoms with E-state index in [0.29, 0.717) is 6.04 Å². The van der Waals surface area contributed by atoms with Gasteiger partial charge in [0.25, 0.3) is 0 Å². The highest BCUT2D eigenvalue weighted by molar-refractivity contribution is 5.53. The van der Waals surface area contributed by atoms with Gasteiger partial charge in [-0.25, -0.2) is 0 Å². The molecule has 0 amide bonds. The van der Waals surface area contributed by atoms with Gasteiger partial charge < -0.3 is 10.2 Å². The first-order valence-electron chi connectivity index (χ1n) is 7.89. The summed E-state index contributed by atoms with van der Waals surface area (Å²) in [6.07, 6.45) is 2.04. The van der Waals surface area contributed by atoms with E-state index >= 15 is 0 Å². The first-order chi connectivity index (χ1) is 10.5. The van der Waals surface area contributed by atoms with Gasteiger partial charge >= 0.3 is 0 Å². The van der Waals surface area contributed by atoms with E-state index in [4.69, 9.17) is 0 Å². The van der Waals surface area contributed by atoms with Gasteiger partial charge in [-0.05, 0) is 61.2 Å². The number of fused-ring (bicyclic) bond motifs is 5. The van der Waals surface area contributed by atoms with Crippen LogP contribution in [0.4, 0.5) is 0 Å². The van der Waals surface area contributed by atoms with Crippen LogP contribution in [0.2, 0.25) is 0 Å². The van der Waals surface area contributed by atoms with Crippen LogP contribution >= 0.6 is 0 Å². The minimum Gasteiger partial charge on any atom is -0.504 e. The van der Waals surface area contributed by atoms with Gasteiger partial charge in [-0.1, -0.05) is 23.8 Å². The van der Waals surface area contributed by atoms with Crippen molar-refractivity contribution in [3.8, 4) is 11.5 Å². The molecule has 0 aromatic heterocycles. The quantitative estimate of drug-likeness (QED) is 0.733. The molecule has 2 N–H and O–H groups in total. The number of likely N-dealkylation sites (N-methyl/N-ethyl adjacent to an activating group) is 1. The summed E-state index contributed by atoms with van der Waals surface area (Å²) in [7, 11) is 2.19. The summed E-state index contributed by atoms with van der Waals surface area (Å²) in [6.45, 7) is 3.11. The number of aryl methyl sites for hydroxylation is 2. The predicted molar refractivity (Wildman–Crippen MR) is 86.4 cm³/mol. The second-order valence-electron chi connectivity index (χ2n) is 6.74. The molecular formula is C19H21NO2. The molecule has 0 fully saturated rings. The maximum Gasteiger partial charge on any atom is 0.157 e. The highest BCUT2D eigenvalue weighted by atomic mass is 16.3. The number of phenolic OH excluding ortho intramolecular Hbond substituents is 2. The Hall–Kier alpha value is -2.00. The normalized spacial score (nSPS) is 23.5. The monoisotopic (exact) mass is 295 g/mol. The molecular weight excluding hydrogens is 274 g/mol. The first-order valence-corrected chi connectivity index (χ1v) is 7.89. The fourth-order valence-corrected chi connectivity index (χ4v) is 4.20. The zero-order valence-electron chi connectivity index (χ0n) is 13.0. The third-order valence-electron chi connectivity index (χ3n) is 5.29. The van der Waals surface area contributed by atoms with Crippen molar-refractivity contribution in [2.75, 3.05) is 7.05 Å². The third kappa shape index (κ3) is 1.92. The lowest BCUT2D eigenvalue weighted by molar-refractivity contribution is 0.178. The molecule has 1 aliphatic carbocycles. The van der Waals surface area contributed by atoms with E-state index in [1.807, 2.05) is 0 Å².